The summed E-state index contributed by atoms with van der Waals surface area (Å²) in [5, 5.41) is 5.84. The van der Waals surface area contributed by atoms with Gasteiger partial charge in [-0.1, -0.05) is 31.9 Å². The zero-order valence-electron chi connectivity index (χ0n) is 19.9. The minimum atomic E-state index is -4.58. The molecule has 1 aliphatic carbocycles. The summed E-state index contributed by atoms with van der Waals surface area (Å²) in [4.78, 5) is 8.06. The van der Waals surface area contributed by atoms with Gasteiger partial charge in [-0.05, 0) is 80.5 Å². The molecule has 186 valence electrons. The van der Waals surface area contributed by atoms with Crippen molar-refractivity contribution in [3.05, 3.63) is 65.9 Å². The lowest BCUT2D eigenvalue weighted by atomic mass is 9.98. The third-order valence-corrected chi connectivity index (χ3v) is 6.07. The molecule has 1 heterocycles. The van der Waals surface area contributed by atoms with E-state index < -0.39 is 11.7 Å². The van der Waals surface area contributed by atoms with Gasteiger partial charge >= 0.3 is 6.18 Å². The highest BCUT2D eigenvalue weighted by atomic mass is 19.4. The molecule has 0 saturated heterocycles. The molecule has 3 aromatic rings. The van der Waals surface area contributed by atoms with Gasteiger partial charge in [-0.25, -0.2) is 4.98 Å². The number of hydrogen-bond acceptors (Lipinski definition) is 5. The molecule has 1 aliphatic rings. The summed E-state index contributed by atoms with van der Waals surface area (Å²) in [7, 11) is 0. The molecule has 0 spiro atoms. The Morgan fingerprint density at radius 3 is 2.46 bits per heavy atom. The highest BCUT2D eigenvalue weighted by Gasteiger charge is 2.35. The molecule has 0 radical (unpaired) electrons. The van der Waals surface area contributed by atoms with Gasteiger partial charge in [-0.15, -0.1) is 0 Å². The molecular formula is C27H31F3N4O. The standard InChI is InChI=1S/C27H31F3N4O/c1-2-3-8-19-9-7-10-21(17-19)32-25-24(27(28,29)30)18-31-26(34-25)33-20-13-15-23(16-14-20)35-22-11-5-4-6-12-22/h7,9-10,13-18,22H,2-6,8,11-12H2,1H3,(H2,31,32,33,34). The van der Waals surface area contributed by atoms with Crippen LogP contribution in [-0.4, -0.2) is 16.1 Å². The van der Waals surface area contributed by atoms with Gasteiger partial charge < -0.3 is 15.4 Å². The van der Waals surface area contributed by atoms with E-state index in [1.165, 1.54) is 19.3 Å². The van der Waals surface area contributed by atoms with Crippen molar-refractivity contribution in [3.63, 3.8) is 0 Å². The van der Waals surface area contributed by atoms with Gasteiger partial charge in [-0.3, -0.25) is 0 Å². The molecule has 0 amide bonds. The van der Waals surface area contributed by atoms with Crippen molar-refractivity contribution in [3.8, 4) is 5.75 Å². The molecule has 4 rings (SSSR count). The number of alkyl halides is 3. The number of aryl methyl sites for hydroxylation is 1. The molecule has 2 N–H and O–H groups in total. The summed E-state index contributed by atoms with van der Waals surface area (Å²) < 4.78 is 47.0. The summed E-state index contributed by atoms with van der Waals surface area (Å²) in [6.07, 6.45) is 5.17. The van der Waals surface area contributed by atoms with E-state index in [2.05, 4.69) is 27.5 Å². The molecule has 0 aliphatic heterocycles. The van der Waals surface area contributed by atoms with Crippen molar-refractivity contribution in [2.24, 2.45) is 0 Å². The predicted octanol–water partition coefficient (Wildman–Crippen LogP) is 8.04. The lowest BCUT2D eigenvalue weighted by molar-refractivity contribution is -0.137. The van der Waals surface area contributed by atoms with Crippen molar-refractivity contribution in [1.82, 2.24) is 9.97 Å². The Bertz CT molecular complexity index is 1100. The van der Waals surface area contributed by atoms with Gasteiger partial charge in [0.1, 0.15) is 17.1 Å². The molecule has 1 aromatic heterocycles. The van der Waals surface area contributed by atoms with Crippen LogP contribution in [0, 0.1) is 0 Å². The SMILES string of the molecule is CCCCc1cccc(Nc2nc(Nc3ccc(OC4CCCCC4)cc3)ncc2C(F)(F)F)c1. The van der Waals surface area contributed by atoms with Crippen molar-refractivity contribution in [2.75, 3.05) is 10.6 Å². The summed E-state index contributed by atoms with van der Waals surface area (Å²) >= 11 is 0. The smallest absolute Gasteiger partial charge is 0.421 e. The van der Waals surface area contributed by atoms with Gasteiger partial charge in [0.2, 0.25) is 5.95 Å². The second-order valence-electron chi connectivity index (χ2n) is 8.91. The maximum absolute atomic E-state index is 13.6. The number of nitrogens with one attached hydrogen (secondary N) is 2. The molecule has 0 bridgehead atoms. The Labute approximate surface area is 204 Å². The minimum Gasteiger partial charge on any atom is -0.490 e. The molecule has 2 aromatic carbocycles. The van der Waals surface area contributed by atoms with Gasteiger partial charge in [0.25, 0.3) is 0 Å². The number of rotatable bonds is 9. The Balaban J connectivity index is 1.49. The maximum Gasteiger partial charge on any atom is 0.421 e. The van der Waals surface area contributed by atoms with Crippen LogP contribution in [0.5, 0.6) is 5.75 Å². The Kier molecular flexibility index (Phi) is 8.10. The van der Waals surface area contributed by atoms with E-state index in [9.17, 15) is 13.2 Å². The van der Waals surface area contributed by atoms with Gasteiger partial charge in [0, 0.05) is 17.6 Å². The van der Waals surface area contributed by atoms with Crippen LogP contribution < -0.4 is 15.4 Å². The second kappa shape index (κ2) is 11.4. The fourth-order valence-corrected chi connectivity index (χ4v) is 4.19. The first kappa shape index (κ1) is 24.8. The van der Waals surface area contributed by atoms with E-state index in [0.29, 0.717) is 11.4 Å². The molecule has 35 heavy (non-hydrogen) atoms. The topological polar surface area (TPSA) is 59.1 Å². The highest BCUT2D eigenvalue weighted by Crippen LogP contribution is 2.35. The van der Waals surface area contributed by atoms with Crippen LogP contribution in [0.1, 0.15) is 63.0 Å². The normalized spacial score (nSPS) is 14.5. The van der Waals surface area contributed by atoms with Crippen LogP contribution in [0.4, 0.5) is 36.3 Å². The minimum absolute atomic E-state index is 0.0728. The van der Waals surface area contributed by atoms with Crippen molar-refractivity contribution < 1.29 is 17.9 Å². The molecular weight excluding hydrogens is 453 g/mol. The summed E-state index contributed by atoms with van der Waals surface area (Å²) in [5.74, 6) is 0.560. The van der Waals surface area contributed by atoms with Crippen LogP contribution in [0.15, 0.2) is 54.7 Å². The van der Waals surface area contributed by atoms with E-state index >= 15 is 0 Å². The largest absolute Gasteiger partial charge is 0.490 e. The van der Waals surface area contributed by atoms with Crippen LogP contribution in [0.25, 0.3) is 0 Å². The number of aromatic nitrogens is 2. The zero-order chi connectivity index (χ0) is 24.7. The summed E-state index contributed by atoms with van der Waals surface area (Å²) in [5.41, 5.74) is 1.36. The van der Waals surface area contributed by atoms with Crippen LogP contribution in [-0.2, 0) is 12.6 Å². The second-order valence-corrected chi connectivity index (χ2v) is 8.91. The lowest BCUT2D eigenvalue weighted by Crippen LogP contribution is -2.19. The first-order valence-corrected chi connectivity index (χ1v) is 12.2. The molecule has 0 unspecified atom stereocenters. The summed E-state index contributed by atoms with van der Waals surface area (Å²) in [6, 6.07) is 14.7. The monoisotopic (exact) mass is 484 g/mol. The lowest BCUT2D eigenvalue weighted by Gasteiger charge is -2.23. The first-order chi connectivity index (χ1) is 16.9. The number of halogens is 3. The van der Waals surface area contributed by atoms with E-state index in [1.807, 2.05) is 42.5 Å². The predicted molar refractivity (Wildman–Crippen MR) is 133 cm³/mol. The van der Waals surface area contributed by atoms with Gasteiger partial charge in [0.05, 0.1) is 6.10 Å². The Hall–Kier alpha value is -3.29. The van der Waals surface area contributed by atoms with Gasteiger partial charge in [0.15, 0.2) is 0 Å². The Morgan fingerprint density at radius 2 is 1.74 bits per heavy atom. The van der Waals surface area contributed by atoms with Crippen LogP contribution in [0.3, 0.4) is 0 Å². The zero-order valence-corrected chi connectivity index (χ0v) is 19.9. The third kappa shape index (κ3) is 7.10. The summed E-state index contributed by atoms with van der Waals surface area (Å²) in [6.45, 7) is 2.10. The quantitative estimate of drug-likeness (QED) is 0.322. The van der Waals surface area contributed by atoms with E-state index in [1.54, 1.807) is 6.07 Å². The molecule has 8 heteroatoms. The third-order valence-electron chi connectivity index (χ3n) is 6.07. The molecule has 0 atom stereocenters. The van der Waals surface area contributed by atoms with E-state index in [-0.39, 0.29) is 17.9 Å². The number of unbranched alkanes of at least 4 members (excludes halogenated alkanes) is 1. The van der Waals surface area contributed by atoms with Crippen LogP contribution >= 0.6 is 0 Å². The van der Waals surface area contributed by atoms with Crippen LogP contribution in [0.2, 0.25) is 0 Å². The molecule has 1 fully saturated rings. The van der Waals surface area contributed by atoms with E-state index in [0.717, 1.165) is 49.6 Å². The highest BCUT2D eigenvalue weighted by molar-refractivity contribution is 5.63. The number of anilines is 4. The number of benzene rings is 2. The first-order valence-electron chi connectivity index (χ1n) is 12.2. The van der Waals surface area contributed by atoms with Crippen molar-refractivity contribution in [1.29, 1.82) is 0 Å². The van der Waals surface area contributed by atoms with Crippen molar-refractivity contribution in [2.45, 2.75) is 70.6 Å². The van der Waals surface area contributed by atoms with E-state index in [4.69, 9.17) is 4.74 Å². The number of nitrogens with zero attached hydrogens (tertiary/aromatic N) is 2. The number of hydrogen-bond donors (Lipinski definition) is 2. The Morgan fingerprint density at radius 1 is 0.971 bits per heavy atom. The fourth-order valence-electron chi connectivity index (χ4n) is 4.19. The average molecular weight is 485 g/mol. The maximum atomic E-state index is 13.6. The van der Waals surface area contributed by atoms with Gasteiger partial charge in [-0.2, -0.15) is 18.2 Å². The molecule has 5 nitrogen and oxygen atoms in total. The molecule has 1 saturated carbocycles. The average Bonchev–Trinajstić information content (AvgIpc) is 2.84. The number of ether oxygens (including phenoxy) is 1. The van der Waals surface area contributed by atoms with Crippen molar-refractivity contribution >= 4 is 23.1 Å². The fraction of sp³-hybridized carbons (Fsp3) is 0.407.